The van der Waals surface area contributed by atoms with Gasteiger partial charge < -0.3 is 14.0 Å². The lowest BCUT2D eigenvalue weighted by molar-refractivity contribution is -0.163. The molecule has 0 aromatic carbocycles. The molecule has 0 amide bonds. The molecule has 1 heterocycles. The summed E-state index contributed by atoms with van der Waals surface area (Å²) in [6.45, 7) is 10.4. The van der Waals surface area contributed by atoms with Crippen LogP contribution in [0.5, 0.6) is 0 Å². The molecule has 0 radical (unpaired) electrons. The summed E-state index contributed by atoms with van der Waals surface area (Å²) in [5.41, 5.74) is 0. The minimum atomic E-state index is -1.81. The highest BCUT2D eigenvalue weighted by molar-refractivity contribution is 7.42. The van der Waals surface area contributed by atoms with Gasteiger partial charge in [-0.1, -0.05) is 27.2 Å². The fourth-order valence-electron chi connectivity index (χ4n) is 3.50. The van der Waals surface area contributed by atoms with Gasteiger partial charge in [0.05, 0.1) is 19.3 Å². The maximum absolute atomic E-state index is 12.1. The summed E-state index contributed by atoms with van der Waals surface area (Å²) in [4.78, 5) is 24.3. The molecule has 0 aromatic heterocycles. The van der Waals surface area contributed by atoms with Crippen LogP contribution in [0.4, 0.5) is 0 Å². The van der Waals surface area contributed by atoms with Crippen LogP contribution in [-0.4, -0.2) is 43.5 Å². The molecular weight excluding hydrogens is 359 g/mol. The van der Waals surface area contributed by atoms with Gasteiger partial charge in [-0.15, -0.1) is 0 Å². The van der Waals surface area contributed by atoms with Crippen molar-refractivity contribution < 1.29 is 32.6 Å². The van der Waals surface area contributed by atoms with E-state index in [1.54, 1.807) is 13.8 Å². The van der Waals surface area contributed by atoms with E-state index in [1.165, 1.54) is 6.42 Å². The Kier molecular flexibility index (Phi) is 8.27. The van der Waals surface area contributed by atoms with E-state index in [4.69, 9.17) is 23.0 Å². The van der Waals surface area contributed by atoms with Gasteiger partial charge in [-0.2, -0.15) is 0 Å². The van der Waals surface area contributed by atoms with E-state index in [-0.39, 0.29) is 19.3 Å². The molecule has 2 rings (SSSR count). The second kappa shape index (κ2) is 9.98. The summed E-state index contributed by atoms with van der Waals surface area (Å²) < 4.78 is 27.5. The van der Waals surface area contributed by atoms with Crippen molar-refractivity contribution in [3.8, 4) is 0 Å². The summed E-state index contributed by atoms with van der Waals surface area (Å²) in [5.74, 6) is 0.192. The monoisotopic (exact) mass is 390 g/mol. The summed E-state index contributed by atoms with van der Waals surface area (Å²) in [7, 11) is -1.81. The van der Waals surface area contributed by atoms with Gasteiger partial charge >= 0.3 is 20.5 Å². The molecule has 2 aliphatic rings. The van der Waals surface area contributed by atoms with Crippen LogP contribution in [-0.2, 0) is 32.6 Å². The molecule has 0 spiro atoms. The molecule has 1 saturated carbocycles. The lowest BCUT2D eigenvalue weighted by Crippen LogP contribution is -2.39. The molecule has 2 fully saturated rings. The van der Waals surface area contributed by atoms with Crippen molar-refractivity contribution in [1.29, 1.82) is 0 Å². The highest BCUT2D eigenvalue weighted by Crippen LogP contribution is 2.53. The van der Waals surface area contributed by atoms with Crippen LogP contribution < -0.4 is 0 Å². The summed E-state index contributed by atoms with van der Waals surface area (Å²) in [6, 6.07) is 0. The van der Waals surface area contributed by atoms with Gasteiger partial charge in [-0.25, -0.2) is 9.59 Å². The highest BCUT2D eigenvalue weighted by Gasteiger charge is 2.50. The third kappa shape index (κ3) is 5.38. The smallest absolute Gasteiger partial charge is 0.339 e. The van der Waals surface area contributed by atoms with Crippen molar-refractivity contribution in [3.05, 3.63) is 0 Å². The largest absolute Gasteiger partial charge is 0.464 e. The predicted molar refractivity (Wildman–Crippen MR) is 96.1 cm³/mol. The Morgan fingerprint density at radius 3 is 2.04 bits per heavy atom. The normalized spacial score (nSPS) is 32.6. The Balaban J connectivity index is 2.06. The van der Waals surface area contributed by atoms with Gasteiger partial charge in [-0.05, 0) is 44.4 Å². The topological polar surface area (TPSA) is 80.3 Å². The molecule has 0 N–H and O–H groups in total. The van der Waals surface area contributed by atoms with E-state index in [2.05, 4.69) is 20.8 Å². The average Bonchev–Trinajstić information content (AvgIpc) is 2.99. The second-order valence-corrected chi connectivity index (χ2v) is 8.33. The van der Waals surface area contributed by atoms with Gasteiger partial charge in [0, 0.05) is 0 Å². The number of esters is 2. The molecule has 5 atom stereocenters. The van der Waals surface area contributed by atoms with E-state index in [9.17, 15) is 9.59 Å². The van der Waals surface area contributed by atoms with Gasteiger partial charge in [0.2, 0.25) is 12.2 Å². The minimum absolute atomic E-state index is 0.00588. The minimum Gasteiger partial charge on any atom is -0.464 e. The van der Waals surface area contributed by atoms with Crippen LogP contribution >= 0.6 is 8.60 Å². The molecule has 1 aliphatic heterocycles. The van der Waals surface area contributed by atoms with E-state index in [1.807, 2.05) is 0 Å². The van der Waals surface area contributed by atoms with Gasteiger partial charge in [0.15, 0.2) is 0 Å². The Morgan fingerprint density at radius 1 is 1.04 bits per heavy atom. The molecule has 0 aromatic rings. The molecule has 0 bridgehead atoms. The highest BCUT2D eigenvalue weighted by atomic mass is 31.2. The van der Waals surface area contributed by atoms with Crippen molar-refractivity contribution >= 4 is 20.5 Å². The molecule has 26 heavy (non-hydrogen) atoms. The average molecular weight is 390 g/mol. The summed E-state index contributed by atoms with van der Waals surface area (Å²) in [6.07, 6.45) is 0.905. The SMILES string of the molecule is CCOC(=O)[C@@H]1OP(O[C@@H]2C[C@H](C)CC[C@H]2C(C)C)O[C@H]1C(=O)OCC. The lowest BCUT2D eigenvalue weighted by atomic mass is 9.75. The van der Waals surface area contributed by atoms with Crippen molar-refractivity contribution in [1.82, 2.24) is 0 Å². The molecule has 7 nitrogen and oxygen atoms in total. The Bertz CT molecular complexity index is 458. The van der Waals surface area contributed by atoms with Crippen molar-refractivity contribution in [2.24, 2.45) is 17.8 Å². The first kappa shape index (κ1) is 21.5. The molecule has 150 valence electrons. The first-order chi connectivity index (χ1) is 12.4. The first-order valence-electron chi connectivity index (χ1n) is 9.51. The molecule has 1 aliphatic carbocycles. The van der Waals surface area contributed by atoms with E-state index in [0.717, 1.165) is 12.8 Å². The van der Waals surface area contributed by atoms with Crippen LogP contribution in [0.2, 0.25) is 0 Å². The van der Waals surface area contributed by atoms with Crippen LogP contribution in [0.25, 0.3) is 0 Å². The van der Waals surface area contributed by atoms with Crippen LogP contribution in [0.1, 0.15) is 53.9 Å². The number of rotatable bonds is 7. The fraction of sp³-hybridized carbons (Fsp3) is 0.889. The Morgan fingerprint density at radius 2 is 1.58 bits per heavy atom. The molecule has 0 unspecified atom stereocenters. The van der Waals surface area contributed by atoms with Crippen molar-refractivity contribution in [3.63, 3.8) is 0 Å². The van der Waals surface area contributed by atoms with Gasteiger partial charge in [0.1, 0.15) is 0 Å². The Hall–Kier alpha value is -0.750. The van der Waals surface area contributed by atoms with Crippen LogP contribution in [0.3, 0.4) is 0 Å². The third-order valence-corrected chi connectivity index (χ3v) is 6.14. The zero-order chi connectivity index (χ0) is 19.3. The number of ether oxygens (including phenoxy) is 2. The standard InChI is InChI=1S/C18H31O7P/c1-6-21-17(19)15-16(18(20)22-7-2)25-26(24-15)23-14-10-12(5)8-9-13(14)11(3)4/h11-16H,6-10H2,1-5H3/t12-,13+,14-,15-,16-/m1/s1. The van der Waals surface area contributed by atoms with Crippen molar-refractivity contribution in [2.75, 3.05) is 13.2 Å². The quantitative estimate of drug-likeness (QED) is 0.485. The zero-order valence-electron chi connectivity index (χ0n) is 16.3. The van der Waals surface area contributed by atoms with E-state index in [0.29, 0.717) is 17.8 Å². The summed E-state index contributed by atoms with van der Waals surface area (Å²) >= 11 is 0. The zero-order valence-corrected chi connectivity index (χ0v) is 17.2. The number of carbonyl (C=O) groups is 2. The van der Waals surface area contributed by atoms with Gasteiger partial charge in [-0.3, -0.25) is 9.05 Å². The maximum atomic E-state index is 12.1. The van der Waals surface area contributed by atoms with E-state index >= 15 is 0 Å². The molecule has 1 saturated heterocycles. The van der Waals surface area contributed by atoms with Crippen LogP contribution in [0.15, 0.2) is 0 Å². The predicted octanol–water partition coefficient (Wildman–Crippen LogP) is 3.60. The second-order valence-electron chi connectivity index (χ2n) is 7.25. The van der Waals surface area contributed by atoms with Crippen molar-refractivity contribution in [2.45, 2.75) is 72.2 Å². The lowest BCUT2D eigenvalue weighted by Gasteiger charge is -2.37. The molecule has 8 heteroatoms. The summed E-state index contributed by atoms with van der Waals surface area (Å²) in [5, 5.41) is 0. The number of carbonyl (C=O) groups excluding carboxylic acids is 2. The maximum Gasteiger partial charge on any atom is 0.339 e. The third-order valence-electron chi connectivity index (χ3n) is 4.89. The van der Waals surface area contributed by atoms with E-state index < -0.39 is 32.7 Å². The number of hydrogen-bond donors (Lipinski definition) is 0. The Labute approximate surface area is 157 Å². The number of hydrogen-bond acceptors (Lipinski definition) is 7. The fourth-order valence-corrected chi connectivity index (χ4v) is 4.88. The molecular formula is C18H31O7P. The first-order valence-corrected chi connectivity index (χ1v) is 10.6. The van der Waals surface area contributed by atoms with Gasteiger partial charge in [0.25, 0.3) is 0 Å². The van der Waals surface area contributed by atoms with Crippen LogP contribution in [0, 0.1) is 17.8 Å².